The lowest BCUT2D eigenvalue weighted by molar-refractivity contribution is -0.0180. The Balaban J connectivity index is 1.54. The van der Waals surface area contributed by atoms with Gasteiger partial charge in [0.2, 0.25) is 10.0 Å². The minimum atomic E-state index is -4.03. The van der Waals surface area contributed by atoms with Crippen molar-refractivity contribution >= 4 is 27.6 Å². The van der Waals surface area contributed by atoms with Gasteiger partial charge in [-0.3, -0.25) is 0 Å². The Morgan fingerprint density at radius 1 is 1.16 bits per heavy atom. The van der Waals surface area contributed by atoms with Crippen LogP contribution in [-0.4, -0.2) is 38.6 Å². The van der Waals surface area contributed by atoms with E-state index in [0.29, 0.717) is 36.0 Å². The Labute approximate surface area is 184 Å². The van der Waals surface area contributed by atoms with Crippen molar-refractivity contribution in [1.29, 1.82) is 0 Å². The smallest absolute Gasteiger partial charge is 0.338 e. The molecule has 10 heteroatoms. The lowest BCUT2D eigenvalue weighted by Crippen LogP contribution is -2.36. The number of nitrogens with zero attached hydrogens (tertiary/aromatic N) is 1. The van der Waals surface area contributed by atoms with Gasteiger partial charge in [-0.15, -0.1) is 0 Å². The Bertz CT molecular complexity index is 1100. The van der Waals surface area contributed by atoms with Gasteiger partial charge in [0.05, 0.1) is 12.2 Å². The van der Waals surface area contributed by atoms with Crippen molar-refractivity contribution in [3.63, 3.8) is 0 Å². The second-order valence-electron chi connectivity index (χ2n) is 7.35. The molecule has 2 aromatic carbocycles. The summed E-state index contributed by atoms with van der Waals surface area (Å²) in [4.78, 5) is 12.1. The zero-order chi connectivity index (χ0) is 22.0. The third kappa shape index (κ3) is 4.69. The van der Waals surface area contributed by atoms with Crippen molar-refractivity contribution in [2.24, 2.45) is 0 Å². The third-order valence-corrected chi connectivity index (χ3v) is 7.34. The molecule has 31 heavy (non-hydrogen) atoms. The SMILES string of the molecule is O=C(OCc1cc(Cl)cc2c1OCOC2)c1ccc(F)c(S(=O)(=O)N2CCCCC2)c1. The van der Waals surface area contributed by atoms with Crippen LogP contribution in [0.3, 0.4) is 0 Å². The molecule has 0 saturated carbocycles. The molecule has 1 saturated heterocycles. The number of carbonyl (C=O) groups is 1. The summed E-state index contributed by atoms with van der Waals surface area (Å²) in [6.45, 7) is 0.922. The van der Waals surface area contributed by atoms with Gasteiger partial charge in [0.1, 0.15) is 23.1 Å². The van der Waals surface area contributed by atoms with Gasteiger partial charge in [0, 0.05) is 29.2 Å². The first-order valence-corrected chi connectivity index (χ1v) is 11.7. The zero-order valence-corrected chi connectivity index (χ0v) is 18.2. The highest BCUT2D eigenvalue weighted by Crippen LogP contribution is 2.32. The first-order valence-electron chi connectivity index (χ1n) is 9.85. The molecule has 4 rings (SSSR count). The summed E-state index contributed by atoms with van der Waals surface area (Å²) in [5.41, 5.74) is 1.24. The number of hydrogen-bond donors (Lipinski definition) is 0. The molecule has 0 radical (unpaired) electrons. The molecule has 0 amide bonds. The first-order chi connectivity index (χ1) is 14.9. The molecule has 0 aromatic heterocycles. The molecule has 0 bridgehead atoms. The molecule has 7 nitrogen and oxygen atoms in total. The number of ether oxygens (including phenoxy) is 3. The van der Waals surface area contributed by atoms with Crippen molar-refractivity contribution in [1.82, 2.24) is 4.31 Å². The zero-order valence-electron chi connectivity index (χ0n) is 16.6. The number of benzene rings is 2. The molecule has 2 heterocycles. The van der Waals surface area contributed by atoms with Crippen LogP contribution in [0.4, 0.5) is 4.39 Å². The van der Waals surface area contributed by atoms with E-state index in [2.05, 4.69) is 0 Å². The van der Waals surface area contributed by atoms with Crippen molar-refractivity contribution < 1.29 is 31.8 Å². The average molecular weight is 470 g/mol. The second-order valence-corrected chi connectivity index (χ2v) is 9.69. The maximum absolute atomic E-state index is 14.4. The Morgan fingerprint density at radius 2 is 1.94 bits per heavy atom. The van der Waals surface area contributed by atoms with E-state index in [1.807, 2.05) is 0 Å². The molecular formula is C21H21ClFNO6S. The molecule has 0 aliphatic carbocycles. The van der Waals surface area contributed by atoms with Crippen molar-refractivity contribution in [2.45, 2.75) is 37.4 Å². The van der Waals surface area contributed by atoms with Crippen LogP contribution in [-0.2, 0) is 32.7 Å². The fourth-order valence-electron chi connectivity index (χ4n) is 3.66. The van der Waals surface area contributed by atoms with Gasteiger partial charge in [-0.05, 0) is 43.2 Å². The van der Waals surface area contributed by atoms with Gasteiger partial charge >= 0.3 is 5.97 Å². The number of hydrogen-bond acceptors (Lipinski definition) is 6. The van der Waals surface area contributed by atoms with E-state index >= 15 is 0 Å². The molecule has 0 atom stereocenters. The quantitative estimate of drug-likeness (QED) is 0.618. The molecule has 2 aromatic rings. The molecule has 2 aliphatic rings. The van der Waals surface area contributed by atoms with Gasteiger partial charge in [-0.2, -0.15) is 4.31 Å². The van der Waals surface area contributed by atoms with Gasteiger partial charge in [0.25, 0.3) is 0 Å². The molecule has 0 N–H and O–H groups in total. The Morgan fingerprint density at radius 3 is 2.71 bits per heavy atom. The summed E-state index contributed by atoms with van der Waals surface area (Å²) >= 11 is 6.11. The van der Waals surface area contributed by atoms with Crippen LogP contribution >= 0.6 is 11.6 Å². The van der Waals surface area contributed by atoms with Crippen LogP contribution < -0.4 is 4.74 Å². The van der Waals surface area contributed by atoms with Gasteiger partial charge in [-0.25, -0.2) is 17.6 Å². The predicted octanol–water partition coefficient (Wildman–Crippen LogP) is 3.88. The van der Waals surface area contributed by atoms with Gasteiger partial charge < -0.3 is 14.2 Å². The summed E-state index contributed by atoms with van der Waals surface area (Å²) in [6, 6.07) is 6.52. The summed E-state index contributed by atoms with van der Waals surface area (Å²) in [6.07, 6.45) is 2.38. The van der Waals surface area contributed by atoms with Crippen LogP contribution in [0.25, 0.3) is 0 Å². The van der Waals surface area contributed by atoms with E-state index in [1.165, 1.54) is 10.4 Å². The minimum Gasteiger partial charge on any atom is -0.467 e. The number of esters is 1. The maximum Gasteiger partial charge on any atom is 0.338 e. The lowest BCUT2D eigenvalue weighted by atomic mass is 10.1. The van der Waals surface area contributed by atoms with E-state index in [1.54, 1.807) is 12.1 Å². The number of rotatable bonds is 5. The van der Waals surface area contributed by atoms with Crippen molar-refractivity contribution in [3.8, 4) is 5.75 Å². The number of halogens is 2. The molecule has 0 unspecified atom stereocenters. The van der Waals surface area contributed by atoms with Crippen LogP contribution in [0.15, 0.2) is 35.2 Å². The predicted molar refractivity (Wildman–Crippen MR) is 110 cm³/mol. The average Bonchev–Trinajstić information content (AvgIpc) is 2.78. The van der Waals surface area contributed by atoms with E-state index in [9.17, 15) is 17.6 Å². The maximum atomic E-state index is 14.4. The Hall–Kier alpha value is -2.20. The van der Waals surface area contributed by atoms with E-state index in [-0.39, 0.29) is 19.0 Å². The van der Waals surface area contributed by atoms with Crippen LogP contribution in [0.5, 0.6) is 5.75 Å². The summed E-state index contributed by atoms with van der Waals surface area (Å²) in [5.74, 6) is -1.15. The van der Waals surface area contributed by atoms with Crippen molar-refractivity contribution in [2.75, 3.05) is 19.9 Å². The largest absolute Gasteiger partial charge is 0.467 e. The molecular weight excluding hydrogens is 449 g/mol. The van der Waals surface area contributed by atoms with Crippen LogP contribution in [0.1, 0.15) is 40.7 Å². The van der Waals surface area contributed by atoms with E-state index in [4.69, 9.17) is 25.8 Å². The van der Waals surface area contributed by atoms with Crippen LogP contribution in [0.2, 0.25) is 5.02 Å². The summed E-state index contributed by atoms with van der Waals surface area (Å²) in [7, 11) is -4.03. The fourth-order valence-corrected chi connectivity index (χ4v) is 5.53. The molecule has 0 spiro atoms. The standard InChI is InChI=1S/C21H21ClFNO6S/c22-17-8-15-11-28-13-30-20(15)16(9-17)12-29-21(25)14-4-5-18(23)19(10-14)31(26,27)24-6-2-1-3-7-24/h4-5,8-10H,1-3,6-7,11-13H2. The third-order valence-electron chi connectivity index (χ3n) is 5.21. The fraction of sp³-hybridized carbons (Fsp3) is 0.381. The molecule has 2 aliphatic heterocycles. The summed E-state index contributed by atoms with van der Waals surface area (Å²) < 4.78 is 57.4. The van der Waals surface area contributed by atoms with E-state index < -0.39 is 26.7 Å². The lowest BCUT2D eigenvalue weighted by Gasteiger charge is -2.26. The number of carbonyl (C=O) groups excluding carboxylic acids is 1. The monoisotopic (exact) mass is 469 g/mol. The normalized spacial score (nSPS) is 17.0. The second kappa shape index (κ2) is 9.12. The number of sulfonamides is 1. The number of fused-ring (bicyclic) bond motifs is 1. The molecule has 166 valence electrons. The topological polar surface area (TPSA) is 82.1 Å². The highest BCUT2D eigenvalue weighted by molar-refractivity contribution is 7.89. The highest BCUT2D eigenvalue weighted by atomic mass is 35.5. The van der Waals surface area contributed by atoms with Crippen molar-refractivity contribution in [3.05, 3.63) is 57.9 Å². The number of piperidine rings is 1. The highest BCUT2D eigenvalue weighted by Gasteiger charge is 2.29. The van der Waals surface area contributed by atoms with Crippen LogP contribution in [0, 0.1) is 5.82 Å². The van der Waals surface area contributed by atoms with E-state index in [0.717, 1.165) is 37.0 Å². The molecule has 1 fully saturated rings. The first kappa shape index (κ1) is 22.0. The van der Waals surface area contributed by atoms with Gasteiger partial charge in [0.15, 0.2) is 6.79 Å². The van der Waals surface area contributed by atoms with Gasteiger partial charge in [-0.1, -0.05) is 18.0 Å². The summed E-state index contributed by atoms with van der Waals surface area (Å²) in [5, 5.41) is 0.440. The Kier molecular flexibility index (Phi) is 6.47. The minimum absolute atomic E-state index is 0.0582.